The Morgan fingerprint density at radius 1 is 1.23 bits per heavy atom. The SMILES string of the molecule is CCOC(=O)N1CCN(C(=O)[C@@H]2[C@@H]3C=C[C@]4(CN(c5nc6cc(OC)ccc6s5)C(=O)[C@@H]24)O3)CC1. The van der Waals surface area contributed by atoms with Crippen LogP contribution >= 0.6 is 11.3 Å². The largest absolute Gasteiger partial charge is 0.497 e. The molecule has 35 heavy (non-hydrogen) atoms. The number of benzene rings is 1. The Kier molecular flexibility index (Phi) is 5.22. The van der Waals surface area contributed by atoms with E-state index >= 15 is 0 Å². The number of ether oxygens (including phenoxy) is 3. The maximum atomic E-state index is 13.7. The molecule has 1 aromatic carbocycles. The smallest absolute Gasteiger partial charge is 0.409 e. The number of amides is 3. The highest BCUT2D eigenvalue weighted by Gasteiger charge is 2.67. The van der Waals surface area contributed by atoms with Crippen LogP contribution in [0.1, 0.15) is 6.92 Å². The first-order valence-electron chi connectivity index (χ1n) is 11.8. The third-order valence-corrected chi connectivity index (χ3v) is 8.38. The third kappa shape index (κ3) is 3.40. The van der Waals surface area contributed by atoms with Crippen molar-refractivity contribution in [2.24, 2.45) is 11.8 Å². The number of piperazine rings is 1. The fraction of sp³-hybridized carbons (Fsp3) is 0.500. The van der Waals surface area contributed by atoms with Crippen molar-refractivity contribution in [3.63, 3.8) is 0 Å². The van der Waals surface area contributed by atoms with Gasteiger partial charge in [-0.15, -0.1) is 0 Å². The molecule has 10 nitrogen and oxygen atoms in total. The molecule has 0 N–H and O–H groups in total. The summed E-state index contributed by atoms with van der Waals surface area (Å²) in [4.78, 5) is 49.0. The summed E-state index contributed by atoms with van der Waals surface area (Å²) in [5, 5.41) is 0.594. The molecule has 184 valence electrons. The van der Waals surface area contributed by atoms with Crippen molar-refractivity contribution >= 4 is 44.6 Å². The normalized spacial score (nSPS) is 29.3. The molecule has 0 unspecified atom stereocenters. The highest BCUT2D eigenvalue weighted by Crippen LogP contribution is 2.53. The van der Waals surface area contributed by atoms with Gasteiger partial charge in [-0.2, -0.15) is 0 Å². The minimum atomic E-state index is -0.815. The lowest BCUT2D eigenvalue weighted by atomic mass is 9.76. The highest BCUT2D eigenvalue weighted by atomic mass is 32.1. The van der Waals surface area contributed by atoms with Gasteiger partial charge in [0, 0.05) is 32.2 Å². The van der Waals surface area contributed by atoms with E-state index in [-0.39, 0.29) is 17.9 Å². The van der Waals surface area contributed by atoms with E-state index in [9.17, 15) is 14.4 Å². The van der Waals surface area contributed by atoms with Gasteiger partial charge in [-0.25, -0.2) is 9.78 Å². The number of hydrogen-bond donors (Lipinski definition) is 0. The molecule has 3 fully saturated rings. The number of hydrogen-bond acceptors (Lipinski definition) is 8. The molecule has 0 radical (unpaired) electrons. The molecule has 4 atom stereocenters. The highest BCUT2D eigenvalue weighted by molar-refractivity contribution is 7.22. The summed E-state index contributed by atoms with van der Waals surface area (Å²) in [5.74, 6) is -0.697. The van der Waals surface area contributed by atoms with Gasteiger partial charge in [0.05, 0.1) is 48.4 Å². The maximum absolute atomic E-state index is 13.7. The summed E-state index contributed by atoms with van der Waals surface area (Å²) < 4.78 is 17.6. The molecule has 11 heteroatoms. The van der Waals surface area contributed by atoms with E-state index < -0.39 is 23.5 Å². The van der Waals surface area contributed by atoms with E-state index in [1.54, 1.807) is 28.7 Å². The molecule has 0 saturated carbocycles. The number of rotatable bonds is 4. The molecule has 5 heterocycles. The van der Waals surface area contributed by atoms with Crippen LogP contribution in [0, 0.1) is 11.8 Å². The molecule has 4 aliphatic heterocycles. The number of nitrogens with zero attached hydrogens (tertiary/aromatic N) is 4. The summed E-state index contributed by atoms with van der Waals surface area (Å²) in [6.07, 6.45) is 3.08. The van der Waals surface area contributed by atoms with Crippen molar-refractivity contribution in [1.82, 2.24) is 14.8 Å². The third-order valence-electron chi connectivity index (χ3n) is 7.32. The fourth-order valence-corrected chi connectivity index (χ4v) is 6.57. The molecular weight excluding hydrogens is 472 g/mol. The molecule has 2 aromatic rings. The minimum Gasteiger partial charge on any atom is -0.497 e. The molecular formula is C24H26N4O6S. The second kappa shape index (κ2) is 8.20. The van der Waals surface area contributed by atoms with Crippen LogP contribution < -0.4 is 9.64 Å². The first-order chi connectivity index (χ1) is 16.9. The van der Waals surface area contributed by atoms with E-state index in [1.165, 1.54) is 11.3 Å². The Hall–Kier alpha value is -3.18. The van der Waals surface area contributed by atoms with E-state index in [0.29, 0.717) is 50.2 Å². The van der Waals surface area contributed by atoms with E-state index in [0.717, 1.165) is 10.2 Å². The summed E-state index contributed by atoms with van der Waals surface area (Å²) in [6, 6.07) is 5.64. The second-order valence-electron chi connectivity index (χ2n) is 9.17. The fourth-order valence-electron chi connectivity index (χ4n) is 5.61. The Morgan fingerprint density at radius 2 is 2.00 bits per heavy atom. The van der Waals surface area contributed by atoms with Crippen LogP contribution in [0.25, 0.3) is 10.2 Å². The Morgan fingerprint density at radius 3 is 2.74 bits per heavy atom. The molecule has 1 aromatic heterocycles. The van der Waals surface area contributed by atoms with Gasteiger partial charge < -0.3 is 24.0 Å². The van der Waals surface area contributed by atoms with Crippen molar-refractivity contribution in [3.8, 4) is 5.75 Å². The maximum Gasteiger partial charge on any atom is 0.409 e. The molecule has 6 rings (SSSR count). The first kappa shape index (κ1) is 22.3. The predicted octanol–water partition coefficient (Wildman–Crippen LogP) is 1.89. The van der Waals surface area contributed by atoms with Crippen LogP contribution in [0.2, 0.25) is 0 Å². The van der Waals surface area contributed by atoms with Crippen LogP contribution in [-0.4, -0.2) is 90.8 Å². The van der Waals surface area contributed by atoms with E-state index in [1.807, 2.05) is 30.4 Å². The zero-order chi connectivity index (χ0) is 24.3. The lowest BCUT2D eigenvalue weighted by molar-refractivity contribution is -0.141. The number of carbonyl (C=O) groups is 3. The van der Waals surface area contributed by atoms with Crippen molar-refractivity contribution in [3.05, 3.63) is 30.4 Å². The summed E-state index contributed by atoms with van der Waals surface area (Å²) in [6.45, 7) is 4.04. The summed E-state index contributed by atoms with van der Waals surface area (Å²) >= 11 is 1.44. The van der Waals surface area contributed by atoms with Crippen molar-refractivity contribution < 1.29 is 28.6 Å². The zero-order valence-electron chi connectivity index (χ0n) is 19.5. The molecule has 2 bridgehead atoms. The van der Waals surface area contributed by atoms with Gasteiger partial charge >= 0.3 is 6.09 Å². The van der Waals surface area contributed by atoms with E-state index in [2.05, 4.69) is 4.98 Å². The lowest BCUT2D eigenvalue weighted by Gasteiger charge is -2.36. The number of thiazole rings is 1. The topological polar surface area (TPSA) is 102 Å². The van der Waals surface area contributed by atoms with Crippen molar-refractivity contribution in [2.75, 3.05) is 51.3 Å². The molecule has 0 aliphatic carbocycles. The second-order valence-corrected chi connectivity index (χ2v) is 10.2. The molecule has 3 saturated heterocycles. The number of fused-ring (bicyclic) bond motifs is 2. The quantitative estimate of drug-likeness (QED) is 0.594. The number of anilines is 1. The van der Waals surface area contributed by atoms with Gasteiger partial charge in [-0.1, -0.05) is 23.5 Å². The van der Waals surface area contributed by atoms with Crippen LogP contribution in [0.4, 0.5) is 9.93 Å². The number of aromatic nitrogens is 1. The van der Waals surface area contributed by atoms with E-state index in [4.69, 9.17) is 14.2 Å². The predicted molar refractivity (Wildman–Crippen MR) is 127 cm³/mol. The van der Waals surface area contributed by atoms with Gasteiger partial charge in [0.15, 0.2) is 5.13 Å². The van der Waals surface area contributed by atoms with Gasteiger partial charge in [0.2, 0.25) is 11.8 Å². The van der Waals surface area contributed by atoms with Gasteiger partial charge in [0.1, 0.15) is 11.4 Å². The van der Waals surface area contributed by atoms with Gasteiger partial charge in [-0.3, -0.25) is 14.5 Å². The summed E-state index contributed by atoms with van der Waals surface area (Å²) in [5.41, 5.74) is -0.0516. The van der Waals surface area contributed by atoms with Crippen molar-refractivity contribution in [2.45, 2.75) is 18.6 Å². The molecule has 1 spiro atoms. The van der Waals surface area contributed by atoms with Crippen LogP contribution in [0.3, 0.4) is 0 Å². The monoisotopic (exact) mass is 498 g/mol. The number of carbonyl (C=O) groups excluding carboxylic acids is 3. The lowest BCUT2D eigenvalue weighted by Crippen LogP contribution is -2.54. The minimum absolute atomic E-state index is 0.0982. The van der Waals surface area contributed by atoms with Gasteiger partial charge in [-0.05, 0) is 19.1 Å². The molecule has 4 aliphatic rings. The molecule has 3 amide bonds. The van der Waals surface area contributed by atoms with Crippen LogP contribution in [-0.2, 0) is 19.1 Å². The number of methoxy groups -OCH3 is 1. The first-order valence-corrected chi connectivity index (χ1v) is 12.6. The Balaban J connectivity index is 1.22. The average Bonchev–Trinajstić information content (AvgIpc) is 3.62. The van der Waals surface area contributed by atoms with Crippen molar-refractivity contribution in [1.29, 1.82) is 0 Å². The Labute approximate surface area is 206 Å². The van der Waals surface area contributed by atoms with Gasteiger partial charge in [0.25, 0.3) is 0 Å². The summed E-state index contributed by atoms with van der Waals surface area (Å²) in [7, 11) is 1.60. The standard InChI is InChI=1S/C24H26N4O6S/c1-3-33-23(31)27-10-8-26(9-11-27)20(29)18-16-6-7-24(34-16)13-28(21(30)19(18)24)22-25-15-12-14(32-2)4-5-17(15)35-22/h4-7,12,16,18-19H,3,8-11,13H2,1-2H3/t16-,18+,19+,24+/m0/s1. The van der Waals surface area contributed by atoms with Crippen LogP contribution in [0.5, 0.6) is 5.75 Å². The Bertz CT molecular complexity index is 1240. The van der Waals surface area contributed by atoms with Crippen LogP contribution in [0.15, 0.2) is 30.4 Å². The zero-order valence-corrected chi connectivity index (χ0v) is 20.3. The average molecular weight is 499 g/mol.